The lowest BCUT2D eigenvalue weighted by atomic mass is 9.85. The number of hydrogen-bond donors (Lipinski definition) is 2. The molecule has 0 spiro atoms. The molecule has 0 radical (unpaired) electrons. The Kier molecular flexibility index (Phi) is 9.65. The molecule has 1 aliphatic heterocycles. The van der Waals surface area contributed by atoms with Crippen molar-refractivity contribution in [1.29, 1.82) is 0 Å². The van der Waals surface area contributed by atoms with Crippen molar-refractivity contribution in [2.45, 2.75) is 137 Å². The smallest absolute Gasteiger partial charge is 0.408 e. The van der Waals surface area contributed by atoms with Gasteiger partial charge in [-0.15, -0.1) is 0 Å². The van der Waals surface area contributed by atoms with Crippen molar-refractivity contribution in [3.8, 4) is 0 Å². The maximum atomic E-state index is 13.9. The molecule has 2 rings (SSSR count). The minimum Gasteiger partial charge on any atom is -0.454 e. The first-order valence-electron chi connectivity index (χ1n) is 13.6. The molecule has 1 saturated heterocycles. The molecule has 1 saturated carbocycles. The summed E-state index contributed by atoms with van der Waals surface area (Å²) in [4.78, 5) is 67.1. The molecule has 38 heavy (non-hydrogen) atoms. The van der Waals surface area contributed by atoms with Crippen LogP contribution < -0.4 is 10.6 Å². The summed E-state index contributed by atoms with van der Waals surface area (Å²) >= 11 is 0. The summed E-state index contributed by atoms with van der Waals surface area (Å²) in [6.07, 6.45) is 2.34. The number of carbonyl (C=O) groups excluding carboxylic acids is 5. The van der Waals surface area contributed by atoms with Gasteiger partial charge in [0.25, 0.3) is 5.78 Å². The number of nitrogens with zero attached hydrogens (tertiary/aromatic N) is 1. The standard InChI is InChI=1S/C28H47N3O7/c1-11-12-18(20(32)24(35)37-27(5,6)7)29-22(33)19-16-13-14-17(15-16)31(19)23(34)21(26(2,3)4)30-25(36)38-28(8,9)10/h16-19,21H,11-15H2,1-10H3,(H,29,33)(H,30,36)/t16?,17?,18-,19?,21-/m1/s1. The summed E-state index contributed by atoms with van der Waals surface area (Å²) < 4.78 is 10.6. The van der Waals surface area contributed by atoms with Crippen LogP contribution in [0.5, 0.6) is 0 Å². The van der Waals surface area contributed by atoms with Crippen molar-refractivity contribution < 1.29 is 33.4 Å². The zero-order valence-corrected chi connectivity index (χ0v) is 24.7. The molecule has 3 unspecified atom stereocenters. The van der Waals surface area contributed by atoms with Gasteiger partial charge in [0.15, 0.2) is 0 Å². The number of rotatable bonds is 8. The van der Waals surface area contributed by atoms with Gasteiger partial charge in [0.1, 0.15) is 23.3 Å². The first-order valence-corrected chi connectivity index (χ1v) is 13.6. The lowest BCUT2D eigenvalue weighted by molar-refractivity contribution is -0.163. The number of carbonyl (C=O) groups is 5. The molecule has 0 aromatic rings. The number of amides is 3. The molecule has 2 aliphatic rings. The van der Waals surface area contributed by atoms with Crippen LogP contribution in [0.25, 0.3) is 0 Å². The minimum atomic E-state index is -1.04. The second kappa shape index (κ2) is 11.6. The van der Waals surface area contributed by atoms with Gasteiger partial charge >= 0.3 is 12.1 Å². The van der Waals surface area contributed by atoms with Gasteiger partial charge in [0.2, 0.25) is 11.8 Å². The topological polar surface area (TPSA) is 131 Å². The van der Waals surface area contributed by atoms with Gasteiger partial charge in [-0.05, 0) is 78.6 Å². The van der Waals surface area contributed by atoms with Crippen LogP contribution >= 0.6 is 0 Å². The maximum absolute atomic E-state index is 13.9. The molecule has 2 N–H and O–H groups in total. The number of likely N-dealkylation sites (tertiary alicyclic amines) is 1. The minimum absolute atomic E-state index is 0.0648. The fraction of sp³-hybridized carbons (Fsp3) is 0.821. The van der Waals surface area contributed by atoms with Crippen LogP contribution in [0.15, 0.2) is 0 Å². The van der Waals surface area contributed by atoms with E-state index in [1.54, 1.807) is 46.4 Å². The van der Waals surface area contributed by atoms with Gasteiger partial charge in [-0.3, -0.25) is 14.4 Å². The lowest BCUT2D eigenvalue weighted by Gasteiger charge is -2.40. The molecule has 1 heterocycles. The van der Waals surface area contributed by atoms with E-state index in [0.717, 1.165) is 12.8 Å². The normalized spacial score (nSPS) is 22.9. The lowest BCUT2D eigenvalue weighted by Crippen LogP contribution is -2.62. The van der Waals surface area contributed by atoms with Crippen LogP contribution in [0, 0.1) is 11.3 Å². The molecule has 2 fully saturated rings. The monoisotopic (exact) mass is 537 g/mol. The SMILES string of the molecule is CCC[C@@H](NC(=O)C1C2CCC(C2)N1C(=O)[C@@H](NC(=O)OC(C)(C)C)C(C)(C)C)C(=O)C(=O)OC(C)(C)C. The van der Waals surface area contributed by atoms with Crippen molar-refractivity contribution in [2.75, 3.05) is 0 Å². The van der Waals surface area contributed by atoms with E-state index in [9.17, 15) is 24.0 Å². The van der Waals surface area contributed by atoms with Crippen molar-refractivity contribution in [3.63, 3.8) is 0 Å². The van der Waals surface area contributed by atoms with Gasteiger partial charge in [0, 0.05) is 6.04 Å². The van der Waals surface area contributed by atoms with Crippen LogP contribution in [0.1, 0.15) is 101 Å². The second-order valence-electron chi connectivity index (χ2n) is 13.6. The molecule has 0 aromatic carbocycles. The molecule has 1 aliphatic carbocycles. The quantitative estimate of drug-likeness (QED) is 0.358. The van der Waals surface area contributed by atoms with Crippen LogP contribution in [0.3, 0.4) is 0 Å². The Morgan fingerprint density at radius 3 is 1.95 bits per heavy atom. The molecule has 10 nitrogen and oxygen atoms in total. The van der Waals surface area contributed by atoms with Crippen molar-refractivity contribution in [3.05, 3.63) is 0 Å². The molecular formula is C28H47N3O7. The van der Waals surface area contributed by atoms with Gasteiger partial charge in [-0.25, -0.2) is 9.59 Å². The van der Waals surface area contributed by atoms with E-state index in [2.05, 4.69) is 10.6 Å². The zero-order valence-electron chi connectivity index (χ0n) is 24.7. The highest BCUT2D eigenvalue weighted by atomic mass is 16.6. The third kappa shape index (κ3) is 8.17. The molecule has 216 valence electrons. The number of hydrogen-bond acceptors (Lipinski definition) is 7. The maximum Gasteiger partial charge on any atom is 0.408 e. The number of fused-ring (bicyclic) bond motifs is 2. The molecular weight excluding hydrogens is 490 g/mol. The number of Topliss-reactive ketones (excluding diaryl/α,β-unsaturated/α-hetero) is 1. The van der Waals surface area contributed by atoms with E-state index in [4.69, 9.17) is 9.47 Å². The second-order valence-corrected chi connectivity index (χ2v) is 13.6. The van der Waals surface area contributed by atoms with E-state index in [0.29, 0.717) is 12.8 Å². The predicted molar refractivity (Wildman–Crippen MR) is 142 cm³/mol. The largest absolute Gasteiger partial charge is 0.454 e. The van der Waals surface area contributed by atoms with Crippen molar-refractivity contribution in [2.24, 2.45) is 11.3 Å². The Morgan fingerprint density at radius 1 is 0.868 bits per heavy atom. The third-order valence-electron chi connectivity index (χ3n) is 6.69. The Labute approximate surface area is 226 Å². The van der Waals surface area contributed by atoms with E-state index < -0.39 is 58.5 Å². The summed E-state index contributed by atoms with van der Waals surface area (Å²) in [5, 5.41) is 5.48. The van der Waals surface area contributed by atoms with Gasteiger partial charge in [-0.2, -0.15) is 0 Å². The fourth-order valence-corrected chi connectivity index (χ4v) is 5.15. The highest BCUT2D eigenvalue weighted by Gasteiger charge is 2.54. The number of nitrogens with one attached hydrogen (secondary N) is 2. The highest BCUT2D eigenvalue weighted by molar-refractivity contribution is 6.36. The predicted octanol–water partition coefficient (Wildman–Crippen LogP) is 3.50. The van der Waals surface area contributed by atoms with Crippen LogP contribution in [-0.4, -0.2) is 69.9 Å². The third-order valence-corrected chi connectivity index (χ3v) is 6.69. The number of ketones is 1. The Hall–Kier alpha value is -2.65. The summed E-state index contributed by atoms with van der Waals surface area (Å²) in [6.45, 7) is 17.6. The van der Waals surface area contributed by atoms with Crippen molar-refractivity contribution >= 4 is 29.7 Å². The van der Waals surface area contributed by atoms with Crippen LogP contribution in [0.2, 0.25) is 0 Å². The van der Waals surface area contributed by atoms with E-state index >= 15 is 0 Å². The van der Waals surface area contributed by atoms with Gasteiger partial charge in [0.05, 0.1) is 6.04 Å². The molecule has 3 amide bonds. The Bertz CT molecular complexity index is 926. The molecule has 10 heteroatoms. The number of ether oxygens (including phenoxy) is 2. The average Bonchev–Trinajstić information content (AvgIpc) is 3.34. The number of alkyl carbamates (subject to hydrolysis) is 1. The fourth-order valence-electron chi connectivity index (χ4n) is 5.15. The van der Waals surface area contributed by atoms with Gasteiger partial charge in [-0.1, -0.05) is 34.1 Å². The summed E-state index contributed by atoms with van der Waals surface area (Å²) in [6, 6.07) is -2.91. The number of piperidine rings is 1. The van der Waals surface area contributed by atoms with Gasteiger partial charge < -0.3 is 25.0 Å². The van der Waals surface area contributed by atoms with E-state index in [1.807, 2.05) is 27.7 Å². The Balaban J connectivity index is 2.28. The molecule has 2 bridgehead atoms. The first kappa shape index (κ1) is 31.6. The van der Waals surface area contributed by atoms with E-state index in [1.165, 1.54) is 0 Å². The zero-order chi connectivity index (χ0) is 29.2. The highest BCUT2D eigenvalue weighted by Crippen LogP contribution is 2.43. The number of esters is 1. The molecule has 5 atom stereocenters. The first-order chi connectivity index (χ1) is 17.2. The summed E-state index contributed by atoms with van der Waals surface area (Å²) in [7, 11) is 0. The molecule has 0 aromatic heterocycles. The van der Waals surface area contributed by atoms with E-state index in [-0.39, 0.29) is 24.3 Å². The van der Waals surface area contributed by atoms with Crippen molar-refractivity contribution in [1.82, 2.24) is 15.5 Å². The van der Waals surface area contributed by atoms with Crippen LogP contribution in [0.4, 0.5) is 4.79 Å². The summed E-state index contributed by atoms with van der Waals surface area (Å²) in [5.74, 6) is -2.70. The van der Waals surface area contributed by atoms with Crippen LogP contribution in [-0.2, 0) is 28.7 Å². The average molecular weight is 538 g/mol. The Morgan fingerprint density at radius 2 is 1.45 bits per heavy atom. The summed E-state index contributed by atoms with van der Waals surface area (Å²) in [5.41, 5.74) is -2.24.